The largest absolute Gasteiger partial charge is 0.489 e. The zero-order valence-corrected chi connectivity index (χ0v) is 15.9. The first-order chi connectivity index (χ1) is 12.9. The maximum absolute atomic E-state index is 12.0. The number of ether oxygens (including phenoxy) is 2. The molecule has 2 aromatic carbocycles. The van der Waals surface area contributed by atoms with Crippen molar-refractivity contribution in [2.75, 3.05) is 6.61 Å². The van der Waals surface area contributed by atoms with Crippen molar-refractivity contribution >= 4 is 32.8 Å². The number of benzene rings is 2. The minimum absolute atomic E-state index is 0.141. The Morgan fingerprint density at radius 3 is 2.56 bits per heavy atom. The summed E-state index contributed by atoms with van der Waals surface area (Å²) in [4.78, 5) is 26.3. The van der Waals surface area contributed by atoms with Crippen molar-refractivity contribution in [3.8, 4) is 5.75 Å². The Morgan fingerprint density at radius 2 is 1.85 bits per heavy atom. The molecule has 1 aliphatic rings. The minimum atomic E-state index is -0.923. The molecule has 6 heteroatoms. The van der Waals surface area contributed by atoms with Gasteiger partial charge in [-0.25, -0.2) is 4.79 Å². The van der Waals surface area contributed by atoms with Gasteiger partial charge in [0.1, 0.15) is 12.4 Å². The lowest BCUT2D eigenvalue weighted by molar-refractivity contribution is -0.150. The Labute approximate surface area is 163 Å². The van der Waals surface area contributed by atoms with Crippen LogP contribution in [0.1, 0.15) is 12.0 Å². The van der Waals surface area contributed by atoms with Gasteiger partial charge in [-0.15, -0.1) is 0 Å². The van der Waals surface area contributed by atoms with E-state index < -0.39 is 11.6 Å². The van der Waals surface area contributed by atoms with Crippen molar-refractivity contribution in [1.82, 2.24) is 4.98 Å². The van der Waals surface area contributed by atoms with Gasteiger partial charge in [-0.05, 0) is 41.3 Å². The van der Waals surface area contributed by atoms with E-state index in [1.807, 2.05) is 36.4 Å². The van der Waals surface area contributed by atoms with E-state index in [0.717, 1.165) is 15.4 Å². The summed E-state index contributed by atoms with van der Waals surface area (Å²) in [5, 5.41) is 0.908. The van der Waals surface area contributed by atoms with Crippen molar-refractivity contribution < 1.29 is 14.3 Å². The fraction of sp³-hybridized carbons (Fsp3) is 0.143. The SMILES string of the molecule is C=C1CC(COc2ccc3ccc(=O)[nH]c3c2)(c2ccc(Br)cc2)OC1=O. The second kappa shape index (κ2) is 6.70. The molecule has 0 aliphatic carbocycles. The molecule has 1 N–H and O–H groups in total. The number of carbonyl (C=O) groups excluding carboxylic acids is 1. The molecule has 5 nitrogen and oxygen atoms in total. The number of halogens is 1. The lowest BCUT2D eigenvalue weighted by atomic mass is 9.90. The van der Waals surface area contributed by atoms with Crippen molar-refractivity contribution in [3.05, 3.63) is 87.1 Å². The molecule has 1 atom stereocenters. The Kier molecular flexibility index (Phi) is 4.36. The van der Waals surface area contributed by atoms with Crippen LogP contribution in [0.2, 0.25) is 0 Å². The predicted octanol–water partition coefficient (Wildman–Crippen LogP) is 4.07. The van der Waals surface area contributed by atoms with Crippen molar-refractivity contribution in [2.45, 2.75) is 12.0 Å². The third-order valence-corrected chi connectivity index (χ3v) is 5.14. The van der Waals surface area contributed by atoms with Crippen molar-refractivity contribution in [2.24, 2.45) is 0 Å². The Hall–Kier alpha value is -2.86. The highest BCUT2D eigenvalue weighted by Crippen LogP contribution is 2.40. The van der Waals surface area contributed by atoms with Gasteiger partial charge in [0.15, 0.2) is 5.60 Å². The highest BCUT2D eigenvalue weighted by Gasteiger charge is 2.45. The normalized spacial score (nSPS) is 19.3. The number of carbonyl (C=O) groups is 1. The Balaban J connectivity index is 1.65. The third-order valence-electron chi connectivity index (χ3n) is 4.61. The summed E-state index contributed by atoms with van der Waals surface area (Å²) < 4.78 is 12.6. The first-order valence-corrected chi connectivity index (χ1v) is 9.18. The molecule has 0 radical (unpaired) electrons. The second-order valence-corrected chi connectivity index (χ2v) is 7.45. The van der Waals surface area contributed by atoms with E-state index in [-0.39, 0.29) is 12.2 Å². The molecule has 1 aliphatic heterocycles. The first-order valence-electron chi connectivity index (χ1n) is 8.38. The van der Waals surface area contributed by atoms with E-state index in [1.165, 1.54) is 6.07 Å². The summed E-state index contributed by atoms with van der Waals surface area (Å²) in [7, 11) is 0. The average Bonchev–Trinajstić information content (AvgIpc) is 2.95. The number of hydrogen-bond acceptors (Lipinski definition) is 4. The van der Waals surface area contributed by atoms with Gasteiger partial charge < -0.3 is 14.5 Å². The maximum Gasteiger partial charge on any atom is 0.334 e. The summed E-state index contributed by atoms with van der Waals surface area (Å²) in [6.45, 7) is 3.94. The number of fused-ring (bicyclic) bond motifs is 1. The molecule has 136 valence electrons. The Bertz CT molecular complexity index is 1090. The van der Waals surface area contributed by atoms with E-state index in [1.54, 1.807) is 12.1 Å². The van der Waals surface area contributed by atoms with Gasteiger partial charge in [-0.1, -0.05) is 34.6 Å². The molecule has 1 saturated heterocycles. The van der Waals surface area contributed by atoms with Crippen LogP contribution < -0.4 is 10.3 Å². The number of pyridine rings is 1. The number of aromatic amines is 1. The highest BCUT2D eigenvalue weighted by molar-refractivity contribution is 9.10. The van der Waals surface area contributed by atoms with Crippen LogP contribution in [0, 0.1) is 0 Å². The predicted molar refractivity (Wildman–Crippen MR) is 106 cm³/mol. The molecule has 1 aromatic heterocycles. The van der Waals surface area contributed by atoms with E-state index in [4.69, 9.17) is 9.47 Å². The number of esters is 1. The molecular formula is C21H16BrNO4. The van der Waals surface area contributed by atoms with E-state index in [2.05, 4.69) is 27.5 Å². The summed E-state index contributed by atoms with van der Waals surface area (Å²) in [5.74, 6) is 0.166. The number of nitrogens with one attached hydrogen (secondary N) is 1. The van der Waals surface area contributed by atoms with Crippen molar-refractivity contribution in [3.63, 3.8) is 0 Å². The highest BCUT2D eigenvalue weighted by atomic mass is 79.9. The van der Waals surface area contributed by atoms with Crippen LogP contribution >= 0.6 is 15.9 Å². The smallest absolute Gasteiger partial charge is 0.334 e. The number of cyclic esters (lactones) is 1. The first kappa shape index (κ1) is 17.5. The molecule has 2 heterocycles. The number of H-pyrrole nitrogens is 1. The molecule has 1 fully saturated rings. The number of rotatable bonds is 4. The van der Waals surface area contributed by atoms with E-state index >= 15 is 0 Å². The molecule has 0 amide bonds. The van der Waals surface area contributed by atoms with Gasteiger partial charge in [-0.3, -0.25) is 4.79 Å². The molecule has 1 unspecified atom stereocenters. The molecule has 0 saturated carbocycles. The van der Waals surface area contributed by atoms with Crippen molar-refractivity contribution in [1.29, 1.82) is 0 Å². The lowest BCUT2D eigenvalue weighted by Crippen LogP contribution is -2.33. The zero-order chi connectivity index (χ0) is 19.0. The van der Waals surface area contributed by atoms with Gasteiger partial charge in [0, 0.05) is 28.6 Å². The topological polar surface area (TPSA) is 68.4 Å². The monoisotopic (exact) mass is 425 g/mol. The summed E-state index contributed by atoms with van der Waals surface area (Å²) in [6.07, 6.45) is 0.359. The van der Waals surface area contributed by atoms with Gasteiger partial charge in [0.05, 0.1) is 5.52 Å². The molecular weight excluding hydrogens is 410 g/mol. The quantitative estimate of drug-likeness (QED) is 0.505. The standard InChI is InChI=1S/C21H16BrNO4/c1-13-11-21(27-20(13)25,15-4-6-16(22)7-5-15)12-26-17-8-2-14-3-9-19(24)23-18(14)10-17/h2-10H,1,11-12H2,(H,23,24). The maximum atomic E-state index is 12.0. The van der Waals surface area contributed by atoms with Gasteiger partial charge >= 0.3 is 5.97 Å². The fourth-order valence-corrected chi connectivity index (χ4v) is 3.46. The van der Waals surface area contributed by atoms with Gasteiger partial charge in [-0.2, -0.15) is 0 Å². The number of hydrogen-bond donors (Lipinski definition) is 1. The molecule has 0 bridgehead atoms. The Morgan fingerprint density at radius 1 is 1.11 bits per heavy atom. The second-order valence-electron chi connectivity index (χ2n) is 6.53. The van der Waals surface area contributed by atoms with Crippen LogP contribution in [0.15, 0.2) is 76.0 Å². The van der Waals surface area contributed by atoms with Gasteiger partial charge in [0.25, 0.3) is 0 Å². The van der Waals surface area contributed by atoms with E-state index in [9.17, 15) is 9.59 Å². The average molecular weight is 426 g/mol. The third kappa shape index (κ3) is 3.40. The molecule has 0 spiro atoms. The lowest BCUT2D eigenvalue weighted by Gasteiger charge is -2.28. The number of aromatic nitrogens is 1. The van der Waals surface area contributed by atoms with Crippen LogP contribution in [0.5, 0.6) is 5.75 Å². The van der Waals surface area contributed by atoms with Crippen LogP contribution in [-0.2, 0) is 15.1 Å². The molecule has 3 aromatic rings. The summed E-state index contributed by atoms with van der Waals surface area (Å²) >= 11 is 3.41. The summed E-state index contributed by atoms with van der Waals surface area (Å²) in [5.41, 5.74) is 0.849. The minimum Gasteiger partial charge on any atom is -0.489 e. The van der Waals surface area contributed by atoms with E-state index in [0.29, 0.717) is 23.3 Å². The van der Waals surface area contributed by atoms with Gasteiger partial charge in [0.2, 0.25) is 5.56 Å². The molecule has 27 heavy (non-hydrogen) atoms. The summed E-state index contributed by atoms with van der Waals surface area (Å²) in [6, 6.07) is 16.3. The van der Waals surface area contributed by atoms with Crippen LogP contribution in [-0.4, -0.2) is 17.6 Å². The molecule has 4 rings (SSSR count). The van der Waals surface area contributed by atoms with Crippen LogP contribution in [0.4, 0.5) is 0 Å². The van der Waals surface area contributed by atoms with Crippen LogP contribution in [0.25, 0.3) is 10.9 Å². The van der Waals surface area contributed by atoms with Crippen LogP contribution in [0.3, 0.4) is 0 Å². The fourth-order valence-electron chi connectivity index (χ4n) is 3.20. The zero-order valence-electron chi connectivity index (χ0n) is 14.3.